The minimum Gasteiger partial charge on any atom is -0.135 e. The van der Waals surface area contributed by atoms with Crippen LogP contribution in [0.15, 0.2) is 66.5 Å². The third kappa shape index (κ3) is 1.67. The van der Waals surface area contributed by atoms with E-state index in [1.54, 1.807) is 6.92 Å². The van der Waals surface area contributed by atoms with Gasteiger partial charge in [-0.2, -0.15) is 0 Å². The Morgan fingerprint density at radius 2 is 1.60 bits per heavy atom. The Hall–Kier alpha value is -2.12. The molecule has 0 saturated heterocycles. The molecule has 0 unspecified atom stereocenters. The molecule has 0 aliphatic carbocycles. The lowest BCUT2D eigenvalue weighted by molar-refractivity contribution is 1.55. The van der Waals surface area contributed by atoms with Crippen LogP contribution in [0.1, 0.15) is 20.6 Å². The maximum absolute atomic E-state index is 8.52. The first-order valence-corrected chi connectivity index (χ1v) is 6.72. The average Bonchev–Trinajstić information content (AvgIpc) is 3.14. The Kier molecular flexibility index (Phi) is 1.12. The summed E-state index contributed by atoms with van der Waals surface area (Å²) in [6, 6.07) is -4.69. The molecule has 0 N–H and O–H groups in total. The summed E-state index contributed by atoms with van der Waals surface area (Å²) in [5.74, 6) is 0. The highest BCUT2D eigenvalue weighted by atomic mass is 32.1. The van der Waals surface area contributed by atoms with Crippen molar-refractivity contribution >= 4 is 31.5 Å². The summed E-state index contributed by atoms with van der Waals surface area (Å²) in [7, 11) is 0. The van der Waals surface area contributed by atoms with E-state index in [-0.39, 0.29) is 45.4 Å². The first-order chi connectivity index (χ1) is 14.4. The quantitative estimate of drug-likeness (QED) is 0.400. The second kappa shape index (κ2) is 4.46. The lowest BCUT2D eigenvalue weighted by Crippen LogP contribution is -1.80. The van der Waals surface area contributed by atoms with Gasteiger partial charge in [0.15, 0.2) is 0 Å². The van der Waals surface area contributed by atoms with Crippen molar-refractivity contribution in [1.29, 1.82) is 0 Å². The number of benzene rings is 3. The van der Waals surface area contributed by atoms with Crippen molar-refractivity contribution in [2.45, 2.75) is 6.92 Å². The van der Waals surface area contributed by atoms with Crippen LogP contribution in [-0.4, -0.2) is 0 Å². The highest BCUT2D eigenvalue weighted by Gasteiger charge is 2.11. The summed E-state index contributed by atoms with van der Waals surface area (Å²) in [6.45, 7) is 1.57. The molecular weight excluding hydrogens is 260 g/mol. The van der Waals surface area contributed by atoms with E-state index < -0.39 is 42.3 Å². The Labute approximate surface area is 137 Å². The summed E-state index contributed by atoms with van der Waals surface area (Å²) in [4.78, 5) is 0. The summed E-state index contributed by atoms with van der Waals surface area (Å²) < 4.78 is 90.4. The zero-order valence-electron chi connectivity index (χ0n) is 21.4. The van der Waals surface area contributed by atoms with Crippen LogP contribution in [0.3, 0.4) is 0 Å². The van der Waals surface area contributed by atoms with Gasteiger partial charge < -0.3 is 0 Å². The predicted molar refractivity (Wildman–Crippen MR) is 89.5 cm³/mol. The molecule has 20 heavy (non-hydrogen) atoms. The lowest BCUT2D eigenvalue weighted by atomic mass is 9.99. The van der Waals surface area contributed by atoms with E-state index in [0.717, 1.165) is 11.3 Å². The molecule has 3 aromatic carbocycles. The van der Waals surface area contributed by atoms with Gasteiger partial charge in [0, 0.05) is 20.2 Å². The van der Waals surface area contributed by atoms with E-state index >= 15 is 0 Å². The summed E-state index contributed by atoms with van der Waals surface area (Å²) in [5, 5.41) is 0.528. The molecule has 0 radical (unpaired) electrons. The monoisotopic (exact) mass is 285 g/mol. The van der Waals surface area contributed by atoms with Crippen molar-refractivity contribution in [3.63, 3.8) is 0 Å². The standard InChI is InChI=1S/C19H14S/c1-13-11-12-15(14-7-3-2-4-8-14)19-18(13)16-9-5-6-10-17(16)20-19/h2-12H,1H3/i2D,3D,4D,5D,6D,7D,8D,9D,10D,11D,12D. The molecule has 96 valence electrons. The van der Waals surface area contributed by atoms with Gasteiger partial charge in [0.2, 0.25) is 0 Å². The van der Waals surface area contributed by atoms with Crippen LogP contribution in [0.25, 0.3) is 31.3 Å². The second-order valence-electron chi connectivity index (χ2n) is 4.26. The van der Waals surface area contributed by atoms with Crippen molar-refractivity contribution in [1.82, 2.24) is 0 Å². The topological polar surface area (TPSA) is 0 Å². The second-order valence-corrected chi connectivity index (χ2v) is 5.28. The largest absolute Gasteiger partial charge is 0.135 e. The highest BCUT2D eigenvalue weighted by Crippen LogP contribution is 2.41. The van der Waals surface area contributed by atoms with Crippen LogP contribution in [0.5, 0.6) is 0 Å². The fraction of sp³-hybridized carbons (Fsp3) is 0.0526. The van der Waals surface area contributed by atoms with Crippen molar-refractivity contribution in [3.05, 3.63) is 72.0 Å². The molecule has 0 nitrogen and oxygen atoms in total. The van der Waals surface area contributed by atoms with Gasteiger partial charge in [-0.3, -0.25) is 0 Å². The molecule has 0 fully saturated rings. The van der Waals surface area contributed by atoms with Crippen LogP contribution in [0.4, 0.5) is 0 Å². The van der Waals surface area contributed by atoms with E-state index in [0.29, 0.717) is 15.6 Å². The minimum atomic E-state index is -0.573. The Balaban J connectivity index is 2.36. The molecule has 0 atom stereocenters. The van der Waals surface area contributed by atoms with E-state index in [2.05, 4.69) is 0 Å². The van der Waals surface area contributed by atoms with Gasteiger partial charge in [-0.25, -0.2) is 0 Å². The Morgan fingerprint density at radius 1 is 0.850 bits per heavy atom. The minimum absolute atomic E-state index is 0.0411. The van der Waals surface area contributed by atoms with Gasteiger partial charge >= 0.3 is 0 Å². The van der Waals surface area contributed by atoms with Crippen molar-refractivity contribution in [3.8, 4) is 11.1 Å². The maximum Gasteiger partial charge on any atom is 0.0638 e. The van der Waals surface area contributed by atoms with Gasteiger partial charge in [-0.05, 0) is 29.7 Å². The third-order valence-corrected chi connectivity index (χ3v) is 4.18. The zero-order valence-corrected chi connectivity index (χ0v) is 11.2. The van der Waals surface area contributed by atoms with E-state index in [4.69, 9.17) is 15.1 Å². The first-order valence-electron chi connectivity index (χ1n) is 11.4. The predicted octanol–water partition coefficient (Wildman–Crippen LogP) is 6.03. The lowest BCUT2D eigenvalue weighted by Gasteiger charge is -2.05. The van der Waals surface area contributed by atoms with Gasteiger partial charge in [0.25, 0.3) is 0 Å². The van der Waals surface area contributed by atoms with E-state index in [1.165, 1.54) is 0 Å². The molecule has 1 heterocycles. The molecule has 1 heteroatoms. The van der Waals surface area contributed by atoms with Gasteiger partial charge in [-0.1, -0.05) is 60.4 Å². The van der Waals surface area contributed by atoms with Gasteiger partial charge in [-0.15, -0.1) is 11.3 Å². The van der Waals surface area contributed by atoms with Crippen LogP contribution < -0.4 is 0 Å². The number of hydrogen-bond donors (Lipinski definition) is 0. The molecular formula is C19H14S. The fourth-order valence-electron chi connectivity index (χ4n) is 2.18. The number of hydrogen-bond acceptors (Lipinski definition) is 1. The number of thiophene rings is 1. The number of aryl methyl sites for hydroxylation is 1. The van der Waals surface area contributed by atoms with Gasteiger partial charge in [0.1, 0.15) is 0 Å². The van der Waals surface area contributed by atoms with Crippen LogP contribution >= 0.6 is 11.3 Å². The van der Waals surface area contributed by atoms with E-state index in [9.17, 15) is 0 Å². The fourth-order valence-corrected chi connectivity index (χ4v) is 3.35. The van der Waals surface area contributed by atoms with Crippen molar-refractivity contribution in [2.75, 3.05) is 0 Å². The highest BCUT2D eigenvalue weighted by molar-refractivity contribution is 7.26. The SMILES string of the molecule is [2H]c1c([2H])c([2H])c(-c2c([2H])c([2H])c(C)c3c2sc2c([2H])c([2H])c([2H])c([2H])c23)c([2H])c1[2H]. The summed E-state index contributed by atoms with van der Waals surface area (Å²) in [6.07, 6.45) is 0. The van der Waals surface area contributed by atoms with Crippen molar-refractivity contribution in [2.24, 2.45) is 0 Å². The molecule has 0 aliphatic heterocycles. The average molecular weight is 285 g/mol. The summed E-state index contributed by atoms with van der Waals surface area (Å²) >= 11 is 0.967. The molecule has 0 aliphatic rings. The molecule has 0 bridgehead atoms. The molecule has 4 aromatic rings. The van der Waals surface area contributed by atoms with Crippen LogP contribution in [0.2, 0.25) is 0 Å². The van der Waals surface area contributed by atoms with Crippen LogP contribution in [-0.2, 0) is 0 Å². The molecule has 1 aromatic heterocycles. The molecule has 4 rings (SSSR count). The van der Waals surface area contributed by atoms with E-state index in [1.807, 2.05) is 0 Å². The summed E-state index contributed by atoms with van der Waals surface area (Å²) in [5.41, 5.74) is 0.0596. The van der Waals surface area contributed by atoms with Gasteiger partial charge in [0.05, 0.1) is 15.1 Å². The molecule has 0 spiro atoms. The number of fused-ring (bicyclic) bond motifs is 3. The number of rotatable bonds is 1. The third-order valence-electron chi connectivity index (χ3n) is 3.06. The Morgan fingerprint density at radius 3 is 2.45 bits per heavy atom. The molecule has 0 amide bonds. The van der Waals surface area contributed by atoms with Crippen molar-refractivity contribution < 1.29 is 15.1 Å². The molecule has 0 saturated carbocycles. The first kappa shape index (κ1) is 5.01. The smallest absolute Gasteiger partial charge is 0.0638 e. The zero-order chi connectivity index (χ0) is 23.1. The van der Waals surface area contributed by atoms with Crippen LogP contribution in [0, 0.1) is 6.92 Å². The Bertz CT molecular complexity index is 1420. The normalized spacial score (nSPS) is 18.9. The maximum atomic E-state index is 8.52.